The van der Waals surface area contributed by atoms with Gasteiger partial charge in [0.1, 0.15) is 6.10 Å². The number of carbonyl (C=O) groups excluding carboxylic acids is 1. The Morgan fingerprint density at radius 2 is 1.84 bits per heavy atom. The molecule has 1 aliphatic rings. The molecular formula is C17H14Cl4N2O2. The lowest BCUT2D eigenvalue weighted by Gasteiger charge is -2.20. The van der Waals surface area contributed by atoms with Crippen molar-refractivity contribution in [3.05, 3.63) is 58.1 Å². The first-order chi connectivity index (χ1) is 12.0. The molecule has 1 N–H and O–H groups in total. The third-order valence-corrected chi connectivity index (χ3v) is 4.83. The van der Waals surface area contributed by atoms with Gasteiger partial charge < -0.3 is 5.32 Å². The average Bonchev–Trinajstić information content (AvgIpc) is 3.04. The Morgan fingerprint density at radius 3 is 2.52 bits per heavy atom. The van der Waals surface area contributed by atoms with Crippen molar-refractivity contribution in [1.82, 2.24) is 0 Å². The molecule has 0 radical (unpaired) electrons. The molecular weight excluding hydrogens is 406 g/mol. The van der Waals surface area contributed by atoms with Gasteiger partial charge in [0, 0.05) is 34.3 Å². The number of halogens is 4. The average molecular weight is 420 g/mol. The number of carbonyl (C=O) groups is 1. The molecule has 1 unspecified atom stereocenters. The van der Waals surface area contributed by atoms with E-state index in [1.165, 1.54) is 0 Å². The number of anilines is 2. The third-order valence-electron chi connectivity index (χ3n) is 3.77. The van der Waals surface area contributed by atoms with E-state index in [1.807, 2.05) is 12.1 Å². The van der Waals surface area contributed by atoms with Crippen molar-refractivity contribution in [3.63, 3.8) is 0 Å². The van der Waals surface area contributed by atoms with Gasteiger partial charge >= 0.3 is 0 Å². The highest BCUT2D eigenvalue weighted by atomic mass is 35.5. The van der Waals surface area contributed by atoms with Gasteiger partial charge in [0.2, 0.25) is 0 Å². The highest BCUT2D eigenvalue weighted by Crippen LogP contribution is 2.39. The number of nitrogens with one attached hydrogen (secondary N) is 1. The molecule has 0 saturated carbocycles. The fourth-order valence-electron chi connectivity index (χ4n) is 2.63. The van der Waals surface area contributed by atoms with Gasteiger partial charge in [-0.15, -0.1) is 0 Å². The van der Waals surface area contributed by atoms with E-state index in [0.717, 1.165) is 17.7 Å². The molecule has 2 aromatic rings. The summed E-state index contributed by atoms with van der Waals surface area (Å²) in [7, 11) is 0. The predicted octanol–water partition coefficient (Wildman–Crippen LogP) is 5.62. The van der Waals surface area contributed by atoms with Crippen LogP contribution in [0.1, 0.15) is 18.1 Å². The molecule has 0 aromatic heterocycles. The summed E-state index contributed by atoms with van der Waals surface area (Å²) in [6.07, 6.45) is 0.514. The lowest BCUT2D eigenvalue weighted by Crippen LogP contribution is -2.20. The van der Waals surface area contributed by atoms with Crippen LogP contribution in [0.15, 0.2) is 42.5 Å². The second-order valence-electron chi connectivity index (χ2n) is 5.46. The highest BCUT2D eigenvalue weighted by Gasteiger charge is 2.29. The van der Waals surface area contributed by atoms with Gasteiger partial charge in [-0.3, -0.25) is 14.7 Å². The predicted molar refractivity (Wildman–Crippen MR) is 103 cm³/mol. The first-order valence-corrected chi connectivity index (χ1v) is 9.16. The lowest BCUT2D eigenvalue weighted by molar-refractivity contribution is -0.114. The number of alkyl halides is 2. The van der Waals surface area contributed by atoms with Crippen molar-refractivity contribution in [1.29, 1.82) is 0 Å². The number of rotatable bonds is 4. The van der Waals surface area contributed by atoms with Gasteiger partial charge in [-0.1, -0.05) is 58.5 Å². The van der Waals surface area contributed by atoms with Crippen LogP contribution in [-0.4, -0.2) is 17.3 Å². The Balaban J connectivity index is 1.75. The van der Waals surface area contributed by atoms with Crippen molar-refractivity contribution in [2.45, 2.75) is 17.4 Å². The first-order valence-electron chi connectivity index (χ1n) is 7.53. The molecule has 2 aromatic carbocycles. The van der Waals surface area contributed by atoms with Gasteiger partial charge in [0.15, 0.2) is 4.84 Å². The number of nitrogens with zero attached hydrogens (tertiary/aromatic N) is 1. The minimum absolute atomic E-state index is 0.227. The van der Waals surface area contributed by atoms with E-state index < -0.39 is 10.7 Å². The summed E-state index contributed by atoms with van der Waals surface area (Å²) in [5, 5.41) is 5.55. The zero-order valence-electron chi connectivity index (χ0n) is 12.9. The van der Waals surface area contributed by atoms with Gasteiger partial charge in [0.25, 0.3) is 5.91 Å². The molecule has 1 heterocycles. The molecule has 1 amide bonds. The number of hydrogen-bond donors (Lipinski definition) is 1. The fraction of sp³-hybridized carbons (Fsp3) is 0.235. The zero-order valence-corrected chi connectivity index (χ0v) is 15.9. The van der Waals surface area contributed by atoms with E-state index in [4.69, 9.17) is 51.2 Å². The minimum Gasteiger partial charge on any atom is -0.324 e. The molecule has 1 aliphatic heterocycles. The van der Waals surface area contributed by atoms with Crippen LogP contribution in [-0.2, 0) is 9.63 Å². The van der Waals surface area contributed by atoms with Gasteiger partial charge in [-0.05, 0) is 30.3 Å². The van der Waals surface area contributed by atoms with E-state index in [0.29, 0.717) is 22.3 Å². The van der Waals surface area contributed by atoms with Crippen LogP contribution in [0.4, 0.5) is 11.4 Å². The summed E-state index contributed by atoms with van der Waals surface area (Å²) < 4.78 is 0. The van der Waals surface area contributed by atoms with Crippen molar-refractivity contribution < 1.29 is 9.63 Å². The maximum absolute atomic E-state index is 11.6. The van der Waals surface area contributed by atoms with Crippen LogP contribution in [0.2, 0.25) is 10.0 Å². The molecule has 1 atom stereocenters. The van der Waals surface area contributed by atoms with E-state index in [2.05, 4.69) is 5.32 Å². The number of amides is 1. The Hall–Kier alpha value is -1.17. The second kappa shape index (κ2) is 8.02. The summed E-state index contributed by atoms with van der Waals surface area (Å²) >= 11 is 23.6. The van der Waals surface area contributed by atoms with E-state index in [1.54, 1.807) is 35.4 Å². The molecule has 132 valence electrons. The smallest absolute Gasteiger partial charge is 0.257 e. The van der Waals surface area contributed by atoms with Crippen LogP contribution in [0.25, 0.3) is 0 Å². The molecule has 8 heteroatoms. The quantitative estimate of drug-likeness (QED) is 0.654. The second-order valence-corrected chi connectivity index (χ2v) is 7.37. The van der Waals surface area contributed by atoms with Crippen LogP contribution < -0.4 is 10.4 Å². The highest BCUT2D eigenvalue weighted by molar-refractivity contribution is 6.54. The molecule has 4 nitrogen and oxygen atoms in total. The number of hydroxylamine groups is 1. The number of benzene rings is 2. The molecule has 3 rings (SSSR count). The molecule has 0 aliphatic carbocycles. The topological polar surface area (TPSA) is 41.6 Å². The molecule has 1 fully saturated rings. The van der Waals surface area contributed by atoms with Crippen LogP contribution >= 0.6 is 46.4 Å². The fourth-order valence-corrected chi connectivity index (χ4v) is 3.38. The molecule has 0 bridgehead atoms. The summed E-state index contributed by atoms with van der Waals surface area (Å²) in [5.74, 6) is -0.483. The standard InChI is InChI=1S/C17H14Cl4N2O2/c18-12-5-2-6-13(19)15(12)14-7-8-23(25-14)11-4-1-3-10(9-11)22-17(24)16(20)21/h1-6,9,14,16H,7-8H2,(H,22,24). The van der Waals surface area contributed by atoms with Crippen molar-refractivity contribution in [3.8, 4) is 0 Å². The lowest BCUT2D eigenvalue weighted by atomic mass is 10.1. The van der Waals surface area contributed by atoms with E-state index in [9.17, 15) is 4.79 Å². The summed E-state index contributed by atoms with van der Waals surface area (Å²) in [4.78, 5) is 16.5. The Bertz CT molecular complexity index is 765. The van der Waals surface area contributed by atoms with Crippen LogP contribution in [0, 0.1) is 0 Å². The van der Waals surface area contributed by atoms with Crippen LogP contribution in [0.3, 0.4) is 0 Å². The zero-order chi connectivity index (χ0) is 18.0. The molecule has 25 heavy (non-hydrogen) atoms. The minimum atomic E-state index is -1.13. The van der Waals surface area contributed by atoms with Gasteiger partial charge in [-0.2, -0.15) is 0 Å². The Morgan fingerprint density at radius 1 is 1.16 bits per heavy atom. The third kappa shape index (κ3) is 4.33. The maximum atomic E-state index is 11.6. The van der Waals surface area contributed by atoms with E-state index >= 15 is 0 Å². The van der Waals surface area contributed by atoms with Gasteiger partial charge in [-0.25, -0.2) is 0 Å². The molecule has 1 saturated heterocycles. The number of hydrogen-bond acceptors (Lipinski definition) is 3. The van der Waals surface area contributed by atoms with Crippen molar-refractivity contribution in [2.75, 3.05) is 16.9 Å². The monoisotopic (exact) mass is 418 g/mol. The van der Waals surface area contributed by atoms with E-state index in [-0.39, 0.29) is 6.10 Å². The SMILES string of the molecule is O=C(Nc1cccc(N2CCC(c3c(Cl)cccc3Cl)O2)c1)C(Cl)Cl. The summed E-state index contributed by atoms with van der Waals surface area (Å²) in [6, 6.07) is 12.6. The van der Waals surface area contributed by atoms with Crippen molar-refractivity contribution in [2.24, 2.45) is 0 Å². The molecule has 0 spiro atoms. The first kappa shape index (κ1) is 18.6. The summed E-state index contributed by atoms with van der Waals surface area (Å²) in [5.41, 5.74) is 2.16. The maximum Gasteiger partial charge on any atom is 0.257 e. The Labute approximate surface area is 165 Å². The Kier molecular flexibility index (Phi) is 5.97. The normalized spacial score (nSPS) is 17.2. The largest absolute Gasteiger partial charge is 0.324 e. The van der Waals surface area contributed by atoms with Crippen LogP contribution in [0.5, 0.6) is 0 Å². The van der Waals surface area contributed by atoms with Crippen molar-refractivity contribution >= 4 is 63.7 Å². The summed E-state index contributed by atoms with van der Waals surface area (Å²) in [6.45, 7) is 0.664. The van der Waals surface area contributed by atoms with Gasteiger partial charge in [0.05, 0.1) is 5.69 Å².